The van der Waals surface area contributed by atoms with E-state index in [0.29, 0.717) is 16.5 Å². The van der Waals surface area contributed by atoms with Gasteiger partial charge in [0.2, 0.25) is 5.91 Å². The number of halogens is 1. The van der Waals surface area contributed by atoms with E-state index in [2.05, 4.69) is 21.2 Å². The number of fused-ring (bicyclic) bond motifs is 1. The van der Waals surface area contributed by atoms with Crippen LogP contribution >= 0.6 is 27.7 Å². The average molecular weight is 354 g/mol. The molecule has 5 nitrogen and oxygen atoms in total. The standard InChI is InChI=1S/C13H8BrNO4S/c14-7-1-2-9-8(4-7)11(16)6(5-19-9)3-10-12(17)15-13(18)20-10/h1-2,4-5,10H,3H2,(H,15,17,18)/t10-/m1/s1. The Hall–Kier alpha value is -1.60. The molecule has 7 heteroatoms. The smallest absolute Gasteiger partial charge is 0.286 e. The first-order chi connectivity index (χ1) is 9.54. The highest BCUT2D eigenvalue weighted by molar-refractivity contribution is 9.10. The summed E-state index contributed by atoms with van der Waals surface area (Å²) in [6, 6.07) is 5.16. The fourth-order valence-electron chi connectivity index (χ4n) is 2.01. The van der Waals surface area contributed by atoms with E-state index in [4.69, 9.17) is 4.42 Å². The molecule has 1 atom stereocenters. The average Bonchev–Trinajstić information content (AvgIpc) is 2.72. The molecule has 0 radical (unpaired) electrons. The summed E-state index contributed by atoms with van der Waals surface area (Å²) in [5.41, 5.74) is 0.694. The van der Waals surface area contributed by atoms with Crippen molar-refractivity contribution in [2.24, 2.45) is 0 Å². The van der Waals surface area contributed by atoms with Gasteiger partial charge in [-0.2, -0.15) is 0 Å². The highest BCUT2D eigenvalue weighted by Gasteiger charge is 2.32. The number of nitrogens with one attached hydrogen (secondary N) is 1. The van der Waals surface area contributed by atoms with Gasteiger partial charge in [-0.15, -0.1) is 0 Å². The normalized spacial score (nSPS) is 18.6. The third kappa shape index (κ3) is 2.38. The second-order valence-corrected chi connectivity index (χ2v) is 6.41. The largest absolute Gasteiger partial charge is 0.464 e. The monoisotopic (exact) mass is 353 g/mol. The van der Waals surface area contributed by atoms with Gasteiger partial charge >= 0.3 is 0 Å². The predicted octanol–water partition coefficient (Wildman–Crippen LogP) is 2.45. The molecule has 3 rings (SSSR count). The van der Waals surface area contributed by atoms with Crippen molar-refractivity contribution in [1.82, 2.24) is 5.32 Å². The van der Waals surface area contributed by atoms with Crippen LogP contribution in [0.4, 0.5) is 4.79 Å². The first-order valence-electron chi connectivity index (χ1n) is 5.76. The van der Waals surface area contributed by atoms with Gasteiger partial charge in [0, 0.05) is 16.5 Å². The molecule has 20 heavy (non-hydrogen) atoms. The zero-order valence-corrected chi connectivity index (χ0v) is 12.4. The van der Waals surface area contributed by atoms with Crippen LogP contribution in [-0.4, -0.2) is 16.4 Å². The van der Waals surface area contributed by atoms with Gasteiger partial charge in [-0.05, 0) is 18.2 Å². The van der Waals surface area contributed by atoms with E-state index in [1.165, 1.54) is 6.26 Å². The number of benzene rings is 1. The van der Waals surface area contributed by atoms with E-state index >= 15 is 0 Å². The van der Waals surface area contributed by atoms with Crippen LogP contribution in [0.1, 0.15) is 5.56 Å². The maximum Gasteiger partial charge on any atom is 0.286 e. The Morgan fingerprint density at radius 2 is 2.10 bits per heavy atom. The van der Waals surface area contributed by atoms with Crippen LogP contribution in [0.15, 0.2) is 38.1 Å². The van der Waals surface area contributed by atoms with E-state index < -0.39 is 5.25 Å². The molecule has 0 bridgehead atoms. The Morgan fingerprint density at radius 1 is 1.30 bits per heavy atom. The number of imide groups is 1. The Morgan fingerprint density at radius 3 is 2.80 bits per heavy atom. The molecule has 1 aliphatic heterocycles. The second kappa shape index (κ2) is 5.06. The summed E-state index contributed by atoms with van der Waals surface area (Å²) < 4.78 is 6.18. The highest BCUT2D eigenvalue weighted by atomic mass is 79.9. The molecule has 2 heterocycles. The number of hydrogen-bond acceptors (Lipinski definition) is 5. The molecule has 1 fully saturated rings. The quantitative estimate of drug-likeness (QED) is 0.897. The molecule has 2 amide bonds. The summed E-state index contributed by atoms with van der Waals surface area (Å²) in [4.78, 5) is 35.0. The molecule has 0 saturated carbocycles. The van der Waals surface area contributed by atoms with Gasteiger partial charge in [0.05, 0.1) is 16.9 Å². The molecule has 1 aromatic carbocycles. The molecule has 0 spiro atoms. The fraction of sp³-hybridized carbons (Fsp3) is 0.154. The fourth-order valence-corrected chi connectivity index (χ4v) is 3.22. The first-order valence-corrected chi connectivity index (χ1v) is 7.43. The first kappa shape index (κ1) is 13.4. The number of carbonyl (C=O) groups excluding carboxylic acids is 2. The summed E-state index contributed by atoms with van der Waals surface area (Å²) in [5, 5.41) is 1.69. The topological polar surface area (TPSA) is 76.4 Å². The van der Waals surface area contributed by atoms with E-state index in [1.54, 1.807) is 18.2 Å². The molecule has 1 aromatic heterocycles. The van der Waals surface area contributed by atoms with E-state index in [-0.39, 0.29) is 23.0 Å². The Labute approximate surface area is 125 Å². The zero-order valence-electron chi connectivity index (χ0n) is 10.0. The lowest BCUT2D eigenvalue weighted by Gasteiger charge is -2.05. The third-order valence-electron chi connectivity index (χ3n) is 2.98. The highest BCUT2D eigenvalue weighted by Crippen LogP contribution is 2.23. The van der Waals surface area contributed by atoms with Crippen molar-refractivity contribution in [3.63, 3.8) is 0 Å². The maximum absolute atomic E-state index is 12.3. The van der Waals surface area contributed by atoms with Gasteiger partial charge in [0.15, 0.2) is 5.43 Å². The van der Waals surface area contributed by atoms with Crippen molar-refractivity contribution >= 4 is 49.8 Å². The summed E-state index contributed by atoms with van der Waals surface area (Å²) in [6.07, 6.45) is 1.53. The zero-order chi connectivity index (χ0) is 14.3. The van der Waals surface area contributed by atoms with Crippen LogP contribution in [0, 0.1) is 0 Å². The van der Waals surface area contributed by atoms with Crippen LogP contribution in [0.2, 0.25) is 0 Å². The lowest BCUT2D eigenvalue weighted by molar-refractivity contribution is -0.118. The minimum atomic E-state index is -0.574. The predicted molar refractivity (Wildman–Crippen MR) is 78.8 cm³/mol. The van der Waals surface area contributed by atoms with Crippen molar-refractivity contribution in [3.05, 3.63) is 44.7 Å². The molecule has 1 saturated heterocycles. The summed E-state index contributed by atoms with van der Waals surface area (Å²) in [5.74, 6) is -0.367. The van der Waals surface area contributed by atoms with Crippen LogP contribution < -0.4 is 10.7 Å². The number of amides is 2. The minimum absolute atomic E-state index is 0.174. The molecule has 2 aromatic rings. The Balaban J connectivity index is 2.00. The number of rotatable bonds is 2. The molecule has 1 aliphatic rings. The molecule has 102 valence electrons. The SMILES string of the molecule is O=C1NC(=O)[C@@H](Cc2coc3ccc(Br)cc3c2=O)S1. The van der Waals surface area contributed by atoms with Crippen LogP contribution in [0.3, 0.4) is 0 Å². The van der Waals surface area contributed by atoms with Crippen LogP contribution in [0.25, 0.3) is 11.0 Å². The minimum Gasteiger partial charge on any atom is -0.464 e. The summed E-state index contributed by atoms with van der Waals surface area (Å²) in [6.45, 7) is 0. The Bertz CT molecular complexity index is 786. The van der Waals surface area contributed by atoms with Gasteiger partial charge in [-0.3, -0.25) is 19.7 Å². The van der Waals surface area contributed by atoms with Gasteiger partial charge in [0.25, 0.3) is 5.24 Å². The maximum atomic E-state index is 12.3. The molecule has 1 N–H and O–H groups in total. The van der Waals surface area contributed by atoms with Crippen LogP contribution in [-0.2, 0) is 11.2 Å². The van der Waals surface area contributed by atoms with Crippen molar-refractivity contribution in [1.29, 1.82) is 0 Å². The van der Waals surface area contributed by atoms with E-state index in [1.807, 2.05) is 0 Å². The summed E-state index contributed by atoms with van der Waals surface area (Å²) >= 11 is 4.20. The van der Waals surface area contributed by atoms with Gasteiger partial charge < -0.3 is 4.42 Å². The molecule has 0 unspecified atom stereocenters. The molecule has 0 aliphatic carbocycles. The second-order valence-electron chi connectivity index (χ2n) is 4.32. The lowest BCUT2D eigenvalue weighted by Crippen LogP contribution is -2.27. The van der Waals surface area contributed by atoms with Crippen molar-refractivity contribution < 1.29 is 14.0 Å². The molecular weight excluding hydrogens is 346 g/mol. The van der Waals surface area contributed by atoms with Gasteiger partial charge in [-0.1, -0.05) is 27.7 Å². The van der Waals surface area contributed by atoms with E-state index in [9.17, 15) is 14.4 Å². The lowest BCUT2D eigenvalue weighted by atomic mass is 10.1. The van der Waals surface area contributed by atoms with Crippen molar-refractivity contribution in [2.75, 3.05) is 0 Å². The summed E-state index contributed by atoms with van der Waals surface area (Å²) in [7, 11) is 0. The van der Waals surface area contributed by atoms with Crippen LogP contribution in [0.5, 0.6) is 0 Å². The Kier molecular flexibility index (Phi) is 3.39. The van der Waals surface area contributed by atoms with Crippen molar-refractivity contribution in [2.45, 2.75) is 11.7 Å². The third-order valence-corrected chi connectivity index (χ3v) is 4.45. The number of carbonyl (C=O) groups is 2. The van der Waals surface area contributed by atoms with E-state index in [0.717, 1.165) is 16.2 Å². The van der Waals surface area contributed by atoms with Gasteiger partial charge in [0.1, 0.15) is 5.58 Å². The van der Waals surface area contributed by atoms with Crippen molar-refractivity contribution in [3.8, 4) is 0 Å². The number of thioether (sulfide) groups is 1. The van der Waals surface area contributed by atoms with Gasteiger partial charge in [-0.25, -0.2) is 0 Å². The number of hydrogen-bond donors (Lipinski definition) is 1. The molecular formula is C13H8BrNO4S.